The molecule has 0 fully saturated rings. The summed E-state index contributed by atoms with van der Waals surface area (Å²) in [6.45, 7) is 2.94. The van der Waals surface area contributed by atoms with E-state index in [-0.39, 0.29) is 6.10 Å². The number of unbranched alkanes of at least 4 members (excludes halogenated alkanes) is 13. The van der Waals surface area contributed by atoms with Crippen molar-refractivity contribution in [2.24, 2.45) is 0 Å². The molecule has 0 aromatic heterocycles. The van der Waals surface area contributed by atoms with Crippen LogP contribution in [-0.4, -0.2) is 17.8 Å². The topological polar surface area (TPSA) is 32.3 Å². The van der Waals surface area contributed by atoms with Gasteiger partial charge >= 0.3 is 0 Å². The summed E-state index contributed by atoms with van der Waals surface area (Å²) in [4.78, 5) is 0. The Morgan fingerprint density at radius 1 is 0.692 bits per heavy atom. The Morgan fingerprint density at radius 2 is 1.15 bits per heavy atom. The number of para-hydroxylation sites is 1. The first-order valence-electron chi connectivity index (χ1n) is 11.3. The second-order valence-corrected chi connectivity index (χ2v) is 7.79. The third-order valence-electron chi connectivity index (χ3n) is 5.21. The van der Waals surface area contributed by atoms with Crippen LogP contribution in [0.2, 0.25) is 0 Å². The molecule has 2 nitrogen and oxygen atoms in total. The highest BCUT2D eigenvalue weighted by Crippen LogP contribution is 2.14. The van der Waals surface area contributed by atoms with Crippen LogP contribution >= 0.6 is 0 Å². The van der Waals surface area contributed by atoms with Gasteiger partial charge in [0, 0.05) is 12.2 Å². The lowest BCUT2D eigenvalue weighted by Gasteiger charge is -2.12. The lowest BCUT2D eigenvalue weighted by Crippen LogP contribution is -2.19. The summed E-state index contributed by atoms with van der Waals surface area (Å²) < 4.78 is 0. The van der Waals surface area contributed by atoms with Crippen LogP contribution in [0.5, 0.6) is 0 Å². The number of aliphatic hydroxyl groups excluding tert-OH is 1. The van der Waals surface area contributed by atoms with E-state index in [1.54, 1.807) is 0 Å². The van der Waals surface area contributed by atoms with Gasteiger partial charge in [-0.1, -0.05) is 115 Å². The molecule has 1 unspecified atom stereocenters. The van der Waals surface area contributed by atoms with E-state index >= 15 is 0 Å². The molecule has 2 N–H and O–H groups in total. The van der Waals surface area contributed by atoms with Crippen molar-refractivity contribution in [3.05, 3.63) is 30.3 Å². The van der Waals surface area contributed by atoms with E-state index in [4.69, 9.17) is 0 Å². The third-order valence-corrected chi connectivity index (χ3v) is 5.21. The van der Waals surface area contributed by atoms with Gasteiger partial charge < -0.3 is 10.4 Å². The zero-order chi connectivity index (χ0) is 18.7. The minimum Gasteiger partial charge on any atom is -0.391 e. The maximum Gasteiger partial charge on any atom is 0.0712 e. The molecule has 0 heterocycles. The van der Waals surface area contributed by atoms with Crippen molar-refractivity contribution < 1.29 is 5.11 Å². The minimum absolute atomic E-state index is 0.229. The number of rotatable bonds is 18. The normalized spacial score (nSPS) is 12.2. The summed E-state index contributed by atoms with van der Waals surface area (Å²) in [7, 11) is 0. The molecule has 0 aliphatic rings. The number of anilines is 1. The Labute approximate surface area is 162 Å². The highest BCUT2D eigenvalue weighted by Gasteiger charge is 2.03. The molecule has 1 rings (SSSR count). The molecule has 0 bridgehead atoms. The molecular formula is C24H43NO. The first-order chi connectivity index (χ1) is 12.8. The number of benzene rings is 1. The standard InChI is InChI=1S/C24H43NO/c1-2-3-4-5-6-7-8-9-10-11-12-13-14-18-21-24(26)22-25-23-19-16-15-17-20-23/h15-17,19-20,24-26H,2-14,18,21-22H2,1H3. The van der Waals surface area contributed by atoms with Gasteiger partial charge in [0.1, 0.15) is 0 Å². The van der Waals surface area contributed by atoms with Crippen molar-refractivity contribution in [3.8, 4) is 0 Å². The van der Waals surface area contributed by atoms with Crippen LogP contribution in [0, 0.1) is 0 Å². The van der Waals surface area contributed by atoms with Gasteiger partial charge in [-0.25, -0.2) is 0 Å². The van der Waals surface area contributed by atoms with E-state index in [1.807, 2.05) is 30.3 Å². The van der Waals surface area contributed by atoms with Gasteiger partial charge in [0.15, 0.2) is 0 Å². The first kappa shape index (κ1) is 23.0. The summed E-state index contributed by atoms with van der Waals surface area (Å²) in [6.07, 6.45) is 20.0. The van der Waals surface area contributed by atoms with E-state index in [1.165, 1.54) is 83.5 Å². The lowest BCUT2D eigenvalue weighted by molar-refractivity contribution is 0.173. The monoisotopic (exact) mass is 361 g/mol. The zero-order valence-electron chi connectivity index (χ0n) is 17.2. The van der Waals surface area contributed by atoms with Crippen LogP contribution in [0.3, 0.4) is 0 Å². The van der Waals surface area contributed by atoms with E-state index in [2.05, 4.69) is 12.2 Å². The van der Waals surface area contributed by atoms with Gasteiger partial charge in [-0.15, -0.1) is 0 Å². The van der Waals surface area contributed by atoms with Gasteiger partial charge in [-0.3, -0.25) is 0 Å². The lowest BCUT2D eigenvalue weighted by atomic mass is 10.0. The summed E-state index contributed by atoms with van der Waals surface area (Å²) in [5.41, 5.74) is 1.09. The molecule has 0 spiro atoms. The van der Waals surface area contributed by atoms with Crippen molar-refractivity contribution >= 4 is 5.69 Å². The largest absolute Gasteiger partial charge is 0.391 e. The average molecular weight is 362 g/mol. The molecule has 1 aromatic carbocycles. The van der Waals surface area contributed by atoms with Crippen molar-refractivity contribution in [1.82, 2.24) is 0 Å². The predicted molar refractivity (Wildman–Crippen MR) is 116 cm³/mol. The van der Waals surface area contributed by atoms with Crippen LogP contribution in [0.15, 0.2) is 30.3 Å². The smallest absolute Gasteiger partial charge is 0.0712 e. The van der Waals surface area contributed by atoms with Crippen LogP contribution in [0.4, 0.5) is 5.69 Å². The fourth-order valence-electron chi connectivity index (χ4n) is 3.47. The van der Waals surface area contributed by atoms with Gasteiger partial charge in [-0.2, -0.15) is 0 Å². The van der Waals surface area contributed by atoms with Crippen molar-refractivity contribution in [2.45, 2.75) is 109 Å². The van der Waals surface area contributed by atoms with Crippen LogP contribution < -0.4 is 5.32 Å². The summed E-state index contributed by atoms with van der Waals surface area (Å²) in [6, 6.07) is 10.1. The maximum atomic E-state index is 10.0. The molecule has 0 aliphatic heterocycles. The molecule has 0 saturated heterocycles. The zero-order valence-corrected chi connectivity index (χ0v) is 17.2. The number of aliphatic hydroxyl groups is 1. The Hall–Kier alpha value is -1.02. The average Bonchev–Trinajstić information content (AvgIpc) is 2.67. The van der Waals surface area contributed by atoms with E-state index in [0.29, 0.717) is 6.54 Å². The highest BCUT2D eigenvalue weighted by atomic mass is 16.3. The summed E-state index contributed by atoms with van der Waals surface area (Å²) in [5, 5.41) is 13.3. The fourth-order valence-corrected chi connectivity index (χ4v) is 3.47. The molecule has 26 heavy (non-hydrogen) atoms. The Balaban J connectivity index is 1.77. The van der Waals surface area contributed by atoms with Gasteiger partial charge in [0.2, 0.25) is 0 Å². The van der Waals surface area contributed by atoms with E-state index in [9.17, 15) is 5.11 Å². The van der Waals surface area contributed by atoms with Crippen LogP contribution in [-0.2, 0) is 0 Å². The molecule has 0 aliphatic carbocycles. The van der Waals surface area contributed by atoms with Crippen molar-refractivity contribution in [3.63, 3.8) is 0 Å². The summed E-state index contributed by atoms with van der Waals surface area (Å²) >= 11 is 0. The number of nitrogens with one attached hydrogen (secondary N) is 1. The van der Waals surface area contributed by atoms with Crippen molar-refractivity contribution in [1.29, 1.82) is 0 Å². The Morgan fingerprint density at radius 3 is 1.65 bits per heavy atom. The van der Waals surface area contributed by atoms with E-state index in [0.717, 1.165) is 18.5 Å². The minimum atomic E-state index is -0.229. The summed E-state index contributed by atoms with van der Waals surface area (Å²) in [5.74, 6) is 0. The quantitative estimate of drug-likeness (QED) is 0.268. The first-order valence-corrected chi connectivity index (χ1v) is 11.3. The molecule has 0 radical (unpaired) electrons. The number of hydrogen-bond acceptors (Lipinski definition) is 2. The van der Waals surface area contributed by atoms with Gasteiger partial charge in [0.25, 0.3) is 0 Å². The molecule has 0 saturated carbocycles. The van der Waals surface area contributed by atoms with Crippen LogP contribution in [0.1, 0.15) is 103 Å². The molecular weight excluding hydrogens is 318 g/mol. The second-order valence-electron chi connectivity index (χ2n) is 7.79. The predicted octanol–water partition coefficient (Wildman–Crippen LogP) is 7.33. The molecule has 0 amide bonds. The maximum absolute atomic E-state index is 10.0. The van der Waals surface area contributed by atoms with Gasteiger partial charge in [-0.05, 0) is 18.6 Å². The molecule has 1 atom stereocenters. The third kappa shape index (κ3) is 14.2. The molecule has 2 heteroatoms. The highest BCUT2D eigenvalue weighted by molar-refractivity contribution is 5.42. The van der Waals surface area contributed by atoms with Crippen LogP contribution in [0.25, 0.3) is 0 Å². The Bertz CT molecular complexity index is 392. The second kappa shape index (κ2) is 17.4. The molecule has 150 valence electrons. The van der Waals surface area contributed by atoms with Gasteiger partial charge in [0.05, 0.1) is 6.10 Å². The van der Waals surface area contributed by atoms with E-state index < -0.39 is 0 Å². The SMILES string of the molecule is CCCCCCCCCCCCCCCCC(O)CNc1ccccc1. The fraction of sp³-hybridized carbons (Fsp3) is 0.750. The molecule has 1 aromatic rings. The number of hydrogen-bond donors (Lipinski definition) is 2. The Kier molecular flexibility index (Phi) is 15.4. The van der Waals surface area contributed by atoms with Crippen molar-refractivity contribution in [2.75, 3.05) is 11.9 Å².